The lowest BCUT2D eigenvalue weighted by atomic mass is 9.90. The number of para-hydroxylation sites is 1. The summed E-state index contributed by atoms with van der Waals surface area (Å²) in [4.78, 5) is 38.6. The second-order valence-electron chi connectivity index (χ2n) is 5.86. The number of amides is 3. The van der Waals surface area contributed by atoms with Crippen LogP contribution in [-0.4, -0.2) is 35.7 Å². The van der Waals surface area contributed by atoms with Gasteiger partial charge in [-0.25, -0.2) is 4.79 Å². The van der Waals surface area contributed by atoms with E-state index in [2.05, 4.69) is 0 Å². The first-order valence-corrected chi connectivity index (χ1v) is 6.51. The Hall–Kier alpha value is -2.17. The number of carbonyl (C=O) groups excluding carboxylic acids is 3. The normalized spacial score (nSPS) is 15.9. The highest BCUT2D eigenvalue weighted by Gasteiger charge is 2.39. The van der Waals surface area contributed by atoms with Gasteiger partial charge in [0.15, 0.2) is 5.78 Å². The Labute approximate surface area is 118 Å². The number of carbonyl (C=O) groups is 3. The first-order chi connectivity index (χ1) is 9.30. The average Bonchev–Trinajstić information content (AvgIpc) is 2.66. The van der Waals surface area contributed by atoms with Crippen LogP contribution in [0.1, 0.15) is 20.8 Å². The molecule has 0 spiro atoms. The molecule has 0 radical (unpaired) electrons. The highest BCUT2D eigenvalue weighted by molar-refractivity contribution is 6.14. The zero-order valence-corrected chi connectivity index (χ0v) is 11.9. The molecular weight excluding hydrogens is 256 g/mol. The largest absolute Gasteiger partial charge is 0.332 e. The summed E-state index contributed by atoms with van der Waals surface area (Å²) in [7, 11) is 0. The van der Waals surface area contributed by atoms with E-state index in [-0.39, 0.29) is 24.8 Å². The molecule has 0 N–H and O–H groups in total. The van der Waals surface area contributed by atoms with E-state index in [1.54, 1.807) is 45.0 Å². The van der Waals surface area contributed by atoms with Crippen molar-refractivity contribution in [3.63, 3.8) is 0 Å². The van der Waals surface area contributed by atoms with Crippen molar-refractivity contribution in [2.45, 2.75) is 20.8 Å². The number of nitrogens with zero attached hydrogens (tertiary/aromatic N) is 2. The van der Waals surface area contributed by atoms with Gasteiger partial charge in [0.1, 0.15) is 6.54 Å². The standard InChI is InChI=1S/C15H18N2O3/c1-15(2,3)12(18)9-17-13(19)10-16(14(17)20)11-7-5-4-6-8-11/h4-8H,9-10H2,1-3H3. The number of anilines is 1. The Morgan fingerprint density at radius 1 is 1.15 bits per heavy atom. The summed E-state index contributed by atoms with van der Waals surface area (Å²) in [5, 5.41) is 0. The lowest BCUT2D eigenvalue weighted by molar-refractivity contribution is -0.133. The van der Waals surface area contributed by atoms with Gasteiger partial charge < -0.3 is 0 Å². The van der Waals surface area contributed by atoms with Gasteiger partial charge in [-0.1, -0.05) is 39.0 Å². The lowest BCUT2D eigenvalue weighted by Crippen LogP contribution is -2.40. The summed E-state index contributed by atoms with van der Waals surface area (Å²) in [6.07, 6.45) is 0. The van der Waals surface area contributed by atoms with Crippen LogP contribution in [0.5, 0.6) is 0 Å². The van der Waals surface area contributed by atoms with Crippen LogP contribution in [0.2, 0.25) is 0 Å². The van der Waals surface area contributed by atoms with Crippen molar-refractivity contribution in [3.05, 3.63) is 30.3 Å². The van der Waals surface area contributed by atoms with Crippen LogP contribution in [0.3, 0.4) is 0 Å². The summed E-state index contributed by atoms with van der Waals surface area (Å²) in [5.74, 6) is -0.467. The summed E-state index contributed by atoms with van der Waals surface area (Å²) in [5.41, 5.74) is 0.0948. The predicted octanol–water partition coefficient (Wildman–Crippen LogP) is 2.07. The van der Waals surface area contributed by atoms with E-state index in [1.165, 1.54) is 4.90 Å². The van der Waals surface area contributed by atoms with Gasteiger partial charge in [0.05, 0.1) is 6.54 Å². The van der Waals surface area contributed by atoms with Gasteiger partial charge in [0.2, 0.25) is 0 Å². The van der Waals surface area contributed by atoms with E-state index in [1.807, 2.05) is 6.07 Å². The highest BCUT2D eigenvalue weighted by Crippen LogP contribution is 2.22. The number of hydrogen-bond acceptors (Lipinski definition) is 3. The van der Waals surface area contributed by atoms with Crippen LogP contribution < -0.4 is 4.90 Å². The summed E-state index contributed by atoms with van der Waals surface area (Å²) >= 11 is 0. The zero-order valence-electron chi connectivity index (χ0n) is 11.9. The Bertz CT molecular complexity index is 546. The molecule has 0 bridgehead atoms. The minimum Gasteiger partial charge on any atom is -0.297 e. The van der Waals surface area contributed by atoms with Gasteiger partial charge in [-0.05, 0) is 12.1 Å². The quantitative estimate of drug-likeness (QED) is 0.793. The third kappa shape index (κ3) is 2.71. The zero-order chi connectivity index (χ0) is 14.9. The summed E-state index contributed by atoms with van der Waals surface area (Å²) in [6, 6.07) is 8.54. The minimum absolute atomic E-state index is 0.0136. The highest BCUT2D eigenvalue weighted by atomic mass is 16.2. The fourth-order valence-electron chi connectivity index (χ4n) is 1.89. The molecule has 5 heteroatoms. The van der Waals surface area contributed by atoms with Gasteiger partial charge in [-0.2, -0.15) is 0 Å². The Morgan fingerprint density at radius 3 is 2.30 bits per heavy atom. The van der Waals surface area contributed by atoms with Crippen LogP contribution in [-0.2, 0) is 9.59 Å². The second kappa shape index (κ2) is 5.07. The fourth-order valence-corrected chi connectivity index (χ4v) is 1.89. The molecule has 1 aromatic rings. The van der Waals surface area contributed by atoms with Gasteiger partial charge >= 0.3 is 6.03 Å². The van der Waals surface area contributed by atoms with E-state index in [0.717, 1.165) is 4.90 Å². The van der Waals surface area contributed by atoms with Crippen molar-refractivity contribution in [2.24, 2.45) is 5.41 Å². The SMILES string of the molecule is CC(C)(C)C(=O)CN1C(=O)CN(c2ccccc2)C1=O. The summed E-state index contributed by atoms with van der Waals surface area (Å²) < 4.78 is 0. The lowest BCUT2D eigenvalue weighted by Gasteiger charge is -2.21. The maximum Gasteiger partial charge on any atom is 0.332 e. The van der Waals surface area contributed by atoms with E-state index >= 15 is 0 Å². The molecule has 0 aliphatic carbocycles. The molecule has 0 atom stereocenters. The molecule has 1 fully saturated rings. The number of urea groups is 1. The number of hydrogen-bond donors (Lipinski definition) is 0. The van der Waals surface area contributed by atoms with E-state index in [4.69, 9.17) is 0 Å². The van der Waals surface area contributed by atoms with Crippen molar-refractivity contribution in [3.8, 4) is 0 Å². The first-order valence-electron chi connectivity index (χ1n) is 6.51. The average molecular weight is 274 g/mol. The third-order valence-electron chi connectivity index (χ3n) is 3.26. The molecule has 0 aromatic heterocycles. The topological polar surface area (TPSA) is 57.7 Å². The van der Waals surface area contributed by atoms with Gasteiger partial charge in [0, 0.05) is 11.1 Å². The molecule has 2 rings (SSSR count). The fraction of sp³-hybridized carbons (Fsp3) is 0.400. The van der Waals surface area contributed by atoms with Crippen molar-refractivity contribution in [1.82, 2.24) is 4.90 Å². The molecular formula is C15H18N2O3. The Morgan fingerprint density at radius 2 is 1.75 bits per heavy atom. The molecule has 0 unspecified atom stereocenters. The van der Waals surface area contributed by atoms with Gasteiger partial charge in [-0.3, -0.25) is 19.4 Å². The summed E-state index contributed by atoms with van der Waals surface area (Å²) in [6.45, 7) is 5.14. The first kappa shape index (κ1) is 14.2. The van der Waals surface area contributed by atoms with Crippen LogP contribution in [0.15, 0.2) is 30.3 Å². The molecule has 5 nitrogen and oxygen atoms in total. The van der Waals surface area contributed by atoms with Crippen LogP contribution >= 0.6 is 0 Å². The van der Waals surface area contributed by atoms with Crippen molar-refractivity contribution < 1.29 is 14.4 Å². The molecule has 1 aliphatic rings. The van der Waals surface area contributed by atoms with Gasteiger partial charge in [0.25, 0.3) is 5.91 Å². The smallest absolute Gasteiger partial charge is 0.297 e. The van der Waals surface area contributed by atoms with E-state index in [0.29, 0.717) is 5.69 Å². The van der Waals surface area contributed by atoms with E-state index in [9.17, 15) is 14.4 Å². The van der Waals surface area contributed by atoms with Crippen LogP contribution in [0, 0.1) is 5.41 Å². The van der Waals surface area contributed by atoms with Gasteiger partial charge in [-0.15, -0.1) is 0 Å². The van der Waals surface area contributed by atoms with Crippen LogP contribution in [0.25, 0.3) is 0 Å². The predicted molar refractivity (Wildman–Crippen MR) is 75.4 cm³/mol. The number of benzene rings is 1. The molecule has 1 aliphatic heterocycles. The second-order valence-corrected chi connectivity index (χ2v) is 5.86. The number of imide groups is 1. The van der Waals surface area contributed by atoms with Crippen LogP contribution in [0.4, 0.5) is 10.5 Å². The third-order valence-corrected chi connectivity index (χ3v) is 3.26. The molecule has 1 saturated heterocycles. The molecule has 106 valence electrons. The molecule has 1 aromatic carbocycles. The Kier molecular flexibility index (Phi) is 3.61. The maximum atomic E-state index is 12.3. The Balaban J connectivity index is 2.16. The molecule has 3 amide bonds. The number of Topliss-reactive ketones (excluding diaryl/α,β-unsaturated/α-hetero) is 1. The van der Waals surface area contributed by atoms with Crippen molar-refractivity contribution in [1.29, 1.82) is 0 Å². The molecule has 0 saturated carbocycles. The minimum atomic E-state index is -0.569. The molecule has 20 heavy (non-hydrogen) atoms. The monoisotopic (exact) mass is 274 g/mol. The van der Waals surface area contributed by atoms with Crippen molar-refractivity contribution >= 4 is 23.4 Å². The maximum absolute atomic E-state index is 12.3. The molecule has 1 heterocycles. The van der Waals surface area contributed by atoms with E-state index < -0.39 is 11.4 Å². The number of rotatable bonds is 3. The number of ketones is 1. The van der Waals surface area contributed by atoms with Crippen molar-refractivity contribution in [2.75, 3.05) is 18.0 Å².